The molecule has 0 unspecified atom stereocenters. The number of fused-ring (bicyclic) bond motifs is 2. The number of benzene rings is 1. The van der Waals surface area contributed by atoms with Gasteiger partial charge in [0, 0.05) is 30.0 Å². The zero-order valence-electron chi connectivity index (χ0n) is 17.5. The van der Waals surface area contributed by atoms with E-state index in [2.05, 4.69) is 15.4 Å². The number of ether oxygens (including phenoxy) is 1. The minimum absolute atomic E-state index is 0.147. The Morgan fingerprint density at radius 2 is 2.12 bits per heavy atom. The van der Waals surface area contributed by atoms with Crippen LogP contribution >= 0.6 is 0 Å². The van der Waals surface area contributed by atoms with Crippen molar-refractivity contribution < 1.29 is 14.6 Å². The second-order valence-corrected chi connectivity index (χ2v) is 8.71. The van der Waals surface area contributed by atoms with Crippen molar-refractivity contribution in [3.05, 3.63) is 48.5 Å². The summed E-state index contributed by atoms with van der Waals surface area (Å²) in [6.07, 6.45) is 12.4. The number of hydrogen-bond donors (Lipinski definition) is 2. The first kappa shape index (κ1) is 19.2. The molecule has 9 nitrogen and oxygen atoms in total. The average Bonchev–Trinajstić information content (AvgIpc) is 3.37. The molecule has 4 aromatic rings. The van der Waals surface area contributed by atoms with E-state index >= 15 is 0 Å². The fraction of sp³-hybridized carbons (Fsp3) is 0.391. The van der Waals surface area contributed by atoms with Crippen LogP contribution in [0.4, 0.5) is 5.69 Å². The van der Waals surface area contributed by atoms with Crippen LogP contribution in [0.25, 0.3) is 16.6 Å². The standard InChI is InChI=1S/C23H24N6O3/c30-16-4-1-3-15(10-16)29-13-14-9-18(21(11-19(14)27-29)32-17-5-6-17)23(31)26-20-12-25-28-8-2-7-24-22(20)28/h2,7-9,11-13,15-17,30H,1,3-6,10H2,(H,26,31)/t15-,16+/m1/s1. The van der Waals surface area contributed by atoms with Gasteiger partial charge < -0.3 is 15.2 Å². The molecular formula is C23H24N6O3. The van der Waals surface area contributed by atoms with Crippen LogP contribution in [0.2, 0.25) is 0 Å². The van der Waals surface area contributed by atoms with Crippen LogP contribution in [0.1, 0.15) is 54.9 Å². The van der Waals surface area contributed by atoms with Gasteiger partial charge in [-0.2, -0.15) is 10.2 Å². The van der Waals surface area contributed by atoms with Crippen molar-refractivity contribution in [3.8, 4) is 5.75 Å². The van der Waals surface area contributed by atoms with Crippen LogP contribution in [0, 0.1) is 0 Å². The number of aromatic nitrogens is 5. The van der Waals surface area contributed by atoms with E-state index in [9.17, 15) is 9.90 Å². The summed E-state index contributed by atoms with van der Waals surface area (Å²) in [7, 11) is 0. The molecule has 2 fully saturated rings. The summed E-state index contributed by atoms with van der Waals surface area (Å²) in [4.78, 5) is 17.6. The monoisotopic (exact) mass is 432 g/mol. The molecule has 0 bridgehead atoms. The highest BCUT2D eigenvalue weighted by molar-refractivity contribution is 6.09. The van der Waals surface area contributed by atoms with Gasteiger partial charge in [-0.15, -0.1) is 0 Å². The summed E-state index contributed by atoms with van der Waals surface area (Å²) < 4.78 is 9.63. The molecule has 3 heterocycles. The van der Waals surface area contributed by atoms with Crippen LogP contribution in [0.15, 0.2) is 43.0 Å². The van der Waals surface area contributed by atoms with Crippen molar-refractivity contribution in [2.24, 2.45) is 0 Å². The average molecular weight is 432 g/mol. The Morgan fingerprint density at radius 3 is 2.97 bits per heavy atom. The van der Waals surface area contributed by atoms with Crippen molar-refractivity contribution in [2.45, 2.75) is 56.8 Å². The Morgan fingerprint density at radius 1 is 1.22 bits per heavy atom. The Kier molecular flexibility index (Phi) is 4.57. The highest BCUT2D eigenvalue weighted by Crippen LogP contribution is 2.34. The third kappa shape index (κ3) is 3.58. The molecule has 2 aliphatic carbocycles. The molecule has 2 aliphatic rings. The number of carbonyl (C=O) groups excluding carboxylic acids is 1. The molecule has 164 valence electrons. The van der Waals surface area contributed by atoms with E-state index in [4.69, 9.17) is 9.84 Å². The first-order valence-corrected chi connectivity index (χ1v) is 11.1. The fourth-order valence-electron chi connectivity index (χ4n) is 4.38. The predicted octanol–water partition coefficient (Wildman–Crippen LogP) is 3.35. The van der Waals surface area contributed by atoms with E-state index in [1.165, 1.54) is 0 Å². The Labute approximate surface area is 184 Å². The van der Waals surface area contributed by atoms with Gasteiger partial charge in [0.25, 0.3) is 5.91 Å². The topological polar surface area (TPSA) is 107 Å². The number of rotatable bonds is 5. The maximum absolute atomic E-state index is 13.3. The lowest BCUT2D eigenvalue weighted by Gasteiger charge is -2.25. The zero-order valence-corrected chi connectivity index (χ0v) is 17.5. The smallest absolute Gasteiger partial charge is 0.259 e. The molecule has 0 spiro atoms. The number of aliphatic hydroxyl groups is 1. The highest BCUT2D eigenvalue weighted by atomic mass is 16.5. The molecule has 32 heavy (non-hydrogen) atoms. The molecule has 0 aliphatic heterocycles. The molecule has 2 saturated carbocycles. The van der Waals surface area contributed by atoms with Gasteiger partial charge in [-0.25, -0.2) is 9.50 Å². The van der Waals surface area contributed by atoms with Gasteiger partial charge in [-0.1, -0.05) is 0 Å². The summed E-state index contributed by atoms with van der Waals surface area (Å²) >= 11 is 0. The SMILES string of the molecule is O=C(Nc1cnn2cccnc12)c1cc2cn([C@@H]3CCC[C@H](O)C3)nc2cc1OC1CC1. The van der Waals surface area contributed by atoms with E-state index in [1.54, 1.807) is 29.2 Å². The van der Waals surface area contributed by atoms with E-state index in [0.29, 0.717) is 29.1 Å². The number of nitrogens with zero attached hydrogens (tertiary/aromatic N) is 5. The Bertz CT molecular complexity index is 1310. The summed E-state index contributed by atoms with van der Waals surface area (Å²) in [5, 5.41) is 22.8. The molecule has 2 atom stereocenters. The highest BCUT2D eigenvalue weighted by Gasteiger charge is 2.28. The van der Waals surface area contributed by atoms with Gasteiger partial charge in [-0.3, -0.25) is 9.48 Å². The van der Waals surface area contributed by atoms with E-state index in [-0.39, 0.29) is 24.2 Å². The van der Waals surface area contributed by atoms with Crippen LogP contribution < -0.4 is 10.1 Å². The fourth-order valence-corrected chi connectivity index (χ4v) is 4.38. The molecule has 1 amide bonds. The Balaban J connectivity index is 1.35. The molecule has 0 radical (unpaired) electrons. The third-order valence-corrected chi connectivity index (χ3v) is 6.21. The minimum atomic E-state index is -0.282. The van der Waals surface area contributed by atoms with Gasteiger partial charge in [-0.05, 0) is 50.7 Å². The largest absolute Gasteiger partial charge is 0.490 e. The maximum atomic E-state index is 13.3. The summed E-state index contributed by atoms with van der Waals surface area (Å²) in [5.74, 6) is 0.264. The van der Waals surface area contributed by atoms with Crippen molar-refractivity contribution in [2.75, 3.05) is 5.32 Å². The van der Waals surface area contributed by atoms with Crippen LogP contribution in [-0.2, 0) is 0 Å². The molecule has 9 heteroatoms. The molecule has 3 aromatic heterocycles. The lowest BCUT2D eigenvalue weighted by molar-refractivity contribution is 0.100. The van der Waals surface area contributed by atoms with Crippen LogP contribution in [-0.4, -0.2) is 47.6 Å². The number of hydrogen-bond acceptors (Lipinski definition) is 6. The number of anilines is 1. The summed E-state index contributed by atoms with van der Waals surface area (Å²) in [6, 6.07) is 5.64. The lowest BCUT2D eigenvalue weighted by atomic mass is 9.93. The van der Waals surface area contributed by atoms with Crippen molar-refractivity contribution in [1.29, 1.82) is 0 Å². The van der Waals surface area contributed by atoms with E-state index in [0.717, 1.165) is 43.0 Å². The number of nitrogens with one attached hydrogen (secondary N) is 1. The molecule has 2 N–H and O–H groups in total. The maximum Gasteiger partial charge on any atom is 0.259 e. The summed E-state index contributed by atoms with van der Waals surface area (Å²) in [5.41, 5.74) is 2.37. The van der Waals surface area contributed by atoms with Gasteiger partial charge in [0.05, 0.1) is 35.5 Å². The number of aliphatic hydroxyl groups excluding tert-OH is 1. The second-order valence-electron chi connectivity index (χ2n) is 8.71. The normalized spacial score (nSPS) is 21.2. The van der Waals surface area contributed by atoms with Gasteiger partial charge >= 0.3 is 0 Å². The van der Waals surface area contributed by atoms with Gasteiger partial charge in [0.15, 0.2) is 5.65 Å². The van der Waals surface area contributed by atoms with E-state index < -0.39 is 0 Å². The van der Waals surface area contributed by atoms with Crippen molar-refractivity contribution >= 4 is 28.1 Å². The van der Waals surface area contributed by atoms with Crippen molar-refractivity contribution in [1.82, 2.24) is 24.4 Å². The Hall–Kier alpha value is -3.46. The molecule has 0 saturated heterocycles. The first-order valence-electron chi connectivity index (χ1n) is 11.1. The second kappa shape index (κ2) is 7.59. The van der Waals surface area contributed by atoms with Gasteiger partial charge in [0.1, 0.15) is 11.4 Å². The number of amides is 1. The van der Waals surface area contributed by atoms with Crippen molar-refractivity contribution in [3.63, 3.8) is 0 Å². The zero-order chi connectivity index (χ0) is 21.7. The van der Waals surface area contributed by atoms with Crippen LogP contribution in [0.5, 0.6) is 5.75 Å². The van der Waals surface area contributed by atoms with Crippen LogP contribution in [0.3, 0.4) is 0 Å². The van der Waals surface area contributed by atoms with Gasteiger partial charge in [0.2, 0.25) is 0 Å². The molecular weight excluding hydrogens is 408 g/mol. The summed E-state index contributed by atoms with van der Waals surface area (Å²) in [6.45, 7) is 0. The number of carbonyl (C=O) groups is 1. The van der Waals surface area contributed by atoms with E-state index in [1.807, 2.05) is 23.0 Å². The third-order valence-electron chi connectivity index (χ3n) is 6.21. The predicted molar refractivity (Wildman–Crippen MR) is 118 cm³/mol. The molecule has 6 rings (SSSR count). The molecule has 1 aromatic carbocycles. The minimum Gasteiger partial charge on any atom is -0.490 e. The first-order chi connectivity index (χ1) is 15.6. The quantitative estimate of drug-likeness (QED) is 0.501. The lowest BCUT2D eigenvalue weighted by Crippen LogP contribution is -2.22.